The Hall–Kier alpha value is -0.120. The van der Waals surface area contributed by atoms with Crippen molar-refractivity contribution in [2.24, 2.45) is 5.92 Å². The molecular formula is C24H44N2O. The Bertz CT molecular complexity index is 465. The normalized spacial score (nSPS) is 40.9. The first kappa shape index (κ1) is 20.2. The lowest BCUT2D eigenvalue weighted by molar-refractivity contribution is -0.188. The van der Waals surface area contributed by atoms with Crippen LogP contribution in [0.4, 0.5) is 0 Å². The number of aliphatic hydroxyl groups is 1. The van der Waals surface area contributed by atoms with Crippen LogP contribution in [0.2, 0.25) is 0 Å². The van der Waals surface area contributed by atoms with Gasteiger partial charge in [-0.15, -0.1) is 0 Å². The molecular weight excluding hydrogens is 332 g/mol. The van der Waals surface area contributed by atoms with Crippen LogP contribution in [0.5, 0.6) is 0 Å². The zero-order valence-electron chi connectivity index (χ0n) is 17.9. The van der Waals surface area contributed by atoms with Gasteiger partial charge in [0.15, 0.2) is 0 Å². The van der Waals surface area contributed by atoms with Crippen LogP contribution in [0.1, 0.15) is 103 Å². The Morgan fingerprint density at radius 1 is 0.741 bits per heavy atom. The monoisotopic (exact) mass is 376 g/mol. The zero-order chi connectivity index (χ0) is 18.7. The maximum absolute atomic E-state index is 12.6. The summed E-state index contributed by atoms with van der Waals surface area (Å²) in [6, 6.07) is 0.389. The zero-order valence-corrected chi connectivity index (χ0v) is 17.9. The van der Waals surface area contributed by atoms with Gasteiger partial charge in [-0.2, -0.15) is 0 Å². The highest BCUT2D eigenvalue weighted by Crippen LogP contribution is 2.49. The Labute approximate surface area is 167 Å². The lowest BCUT2D eigenvalue weighted by Gasteiger charge is -2.61. The van der Waals surface area contributed by atoms with E-state index in [9.17, 15) is 5.11 Å². The lowest BCUT2D eigenvalue weighted by Crippen LogP contribution is -2.73. The molecule has 3 nitrogen and oxygen atoms in total. The van der Waals surface area contributed by atoms with Crippen molar-refractivity contribution < 1.29 is 5.11 Å². The molecule has 1 N–H and O–H groups in total. The number of piperidine rings is 2. The van der Waals surface area contributed by atoms with Crippen molar-refractivity contribution >= 4 is 0 Å². The molecule has 0 amide bonds. The maximum atomic E-state index is 12.6. The Kier molecular flexibility index (Phi) is 6.51. The summed E-state index contributed by atoms with van der Waals surface area (Å²) in [7, 11) is 0. The fraction of sp³-hybridized carbons (Fsp3) is 1.00. The summed E-state index contributed by atoms with van der Waals surface area (Å²) in [6.45, 7) is 7.30. The molecule has 3 atom stereocenters. The summed E-state index contributed by atoms with van der Waals surface area (Å²) in [6.07, 6.45) is 19.7. The molecule has 2 saturated heterocycles. The largest absolute Gasteiger partial charge is 0.386 e. The van der Waals surface area contributed by atoms with E-state index >= 15 is 0 Å². The number of hydrogen-bond acceptors (Lipinski definition) is 3. The molecule has 2 saturated carbocycles. The summed E-state index contributed by atoms with van der Waals surface area (Å²) in [5.74, 6) is 0.748. The molecule has 4 aliphatic rings. The van der Waals surface area contributed by atoms with E-state index in [1.807, 2.05) is 0 Å². The van der Waals surface area contributed by atoms with Gasteiger partial charge in [0.05, 0.1) is 5.60 Å². The maximum Gasteiger partial charge on any atom is 0.0984 e. The van der Waals surface area contributed by atoms with Crippen LogP contribution in [-0.2, 0) is 0 Å². The van der Waals surface area contributed by atoms with Crippen molar-refractivity contribution in [3.63, 3.8) is 0 Å². The SMILES string of the molecule is CC1(N2CCCCC2)CCCC(N2CCCCC2)C1(O)CC1CCCCC1. The molecule has 0 radical (unpaired) electrons. The van der Waals surface area contributed by atoms with Gasteiger partial charge in [-0.1, -0.05) is 44.9 Å². The molecule has 4 rings (SSSR count). The quantitative estimate of drug-likeness (QED) is 0.750. The van der Waals surface area contributed by atoms with Gasteiger partial charge in [0.2, 0.25) is 0 Å². The van der Waals surface area contributed by atoms with Crippen LogP contribution >= 0.6 is 0 Å². The van der Waals surface area contributed by atoms with Gasteiger partial charge in [0, 0.05) is 11.6 Å². The summed E-state index contributed by atoms with van der Waals surface area (Å²) in [4.78, 5) is 5.45. The van der Waals surface area contributed by atoms with E-state index in [1.54, 1.807) is 0 Å². The van der Waals surface area contributed by atoms with Gasteiger partial charge in [0.25, 0.3) is 0 Å². The van der Waals surface area contributed by atoms with Crippen LogP contribution in [0, 0.1) is 5.92 Å². The fourth-order valence-electron chi connectivity index (χ4n) is 7.18. The molecule has 0 aromatic rings. The first-order valence-corrected chi connectivity index (χ1v) is 12.3. The van der Waals surface area contributed by atoms with E-state index in [-0.39, 0.29) is 5.54 Å². The molecule has 2 aliphatic carbocycles. The van der Waals surface area contributed by atoms with Crippen molar-refractivity contribution in [3.8, 4) is 0 Å². The molecule has 4 fully saturated rings. The molecule has 156 valence electrons. The minimum Gasteiger partial charge on any atom is -0.386 e. The van der Waals surface area contributed by atoms with Crippen LogP contribution in [0.15, 0.2) is 0 Å². The summed E-state index contributed by atoms with van der Waals surface area (Å²) in [5.41, 5.74) is -0.548. The van der Waals surface area contributed by atoms with E-state index in [0.717, 1.165) is 12.3 Å². The standard InChI is InChI=1S/C24H44N2O/c1-23(26-18-9-4-10-19-26)15-11-14-22(25-16-7-3-8-17-25)24(23,27)20-21-12-5-2-6-13-21/h21-22,27H,2-20H2,1H3. The smallest absolute Gasteiger partial charge is 0.0984 e. The Balaban J connectivity index is 1.62. The average molecular weight is 377 g/mol. The summed E-state index contributed by atoms with van der Waals surface area (Å²) in [5, 5.41) is 12.6. The minimum absolute atomic E-state index is 0.0226. The average Bonchev–Trinajstić information content (AvgIpc) is 2.72. The summed E-state index contributed by atoms with van der Waals surface area (Å²) >= 11 is 0. The molecule has 3 unspecified atom stereocenters. The van der Waals surface area contributed by atoms with Crippen molar-refractivity contribution in [1.82, 2.24) is 9.80 Å². The third-order valence-corrected chi connectivity index (χ3v) is 8.84. The molecule has 2 heterocycles. The third kappa shape index (κ3) is 3.98. The van der Waals surface area contributed by atoms with E-state index < -0.39 is 5.60 Å². The first-order valence-electron chi connectivity index (χ1n) is 12.3. The van der Waals surface area contributed by atoms with Crippen molar-refractivity contribution in [2.45, 2.75) is 120 Å². The first-order chi connectivity index (χ1) is 13.1. The van der Waals surface area contributed by atoms with Gasteiger partial charge in [-0.05, 0) is 90.4 Å². The van der Waals surface area contributed by atoms with Gasteiger partial charge < -0.3 is 5.11 Å². The highest BCUT2D eigenvalue weighted by Gasteiger charge is 2.58. The van der Waals surface area contributed by atoms with E-state index in [1.165, 1.54) is 116 Å². The number of likely N-dealkylation sites (tertiary alicyclic amines) is 2. The second-order valence-corrected chi connectivity index (χ2v) is 10.5. The van der Waals surface area contributed by atoms with E-state index in [4.69, 9.17) is 0 Å². The Morgan fingerprint density at radius 2 is 1.33 bits per heavy atom. The van der Waals surface area contributed by atoms with E-state index in [0.29, 0.717) is 6.04 Å². The van der Waals surface area contributed by atoms with Gasteiger partial charge in [-0.3, -0.25) is 9.80 Å². The Morgan fingerprint density at radius 3 is 2.00 bits per heavy atom. The van der Waals surface area contributed by atoms with E-state index in [2.05, 4.69) is 16.7 Å². The van der Waals surface area contributed by atoms with Gasteiger partial charge in [0.1, 0.15) is 0 Å². The van der Waals surface area contributed by atoms with Crippen molar-refractivity contribution in [1.29, 1.82) is 0 Å². The second kappa shape index (κ2) is 8.71. The molecule has 27 heavy (non-hydrogen) atoms. The second-order valence-electron chi connectivity index (χ2n) is 10.5. The number of rotatable bonds is 4. The van der Waals surface area contributed by atoms with Crippen LogP contribution in [0.3, 0.4) is 0 Å². The molecule has 0 aromatic carbocycles. The minimum atomic E-state index is -0.526. The molecule has 0 bridgehead atoms. The highest BCUT2D eigenvalue weighted by molar-refractivity contribution is 5.14. The topological polar surface area (TPSA) is 26.7 Å². The van der Waals surface area contributed by atoms with Crippen molar-refractivity contribution in [3.05, 3.63) is 0 Å². The molecule has 0 spiro atoms. The van der Waals surface area contributed by atoms with Crippen molar-refractivity contribution in [2.75, 3.05) is 26.2 Å². The summed E-state index contributed by atoms with van der Waals surface area (Å²) < 4.78 is 0. The van der Waals surface area contributed by atoms with Crippen LogP contribution < -0.4 is 0 Å². The van der Waals surface area contributed by atoms with Crippen LogP contribution in [-0.4, -0.2) is 58.3 Å². The number of nitrogens with zero attached hydrogens (tertiary/aromatic N) is 2. The highest BCUT2D eigenvalue weighted by atomic mass is 16.3. The predicted octanol–water partition coefficient (Wildman–Crippen LogP) is 4.97. The third-order valence-electron chi connectivity index (χ3n) is 8.84. The van der Waals surface area contributed by atoms with Crippen LogP contribution in [0.25, 0.3) is 0 Å². The molecule has 0 aromatic heterocycles. The fourth-order valence-corrected chi connectivity index (χ4v) is 7.18. The molecule has 3 heteroatoms. The molecule has 2 aliphatic heterocycles. The number of hydrogen-bond donors (Lipinski definition) is 1. The predicted molar refractivity (Wildman–Crippen MR) is 113 cm³/mol. The lowest BCUT2D eigenvalue weighted by atomic mass is 9.61. The van der Waals surface area contributed by atoms with Gasteiger partial charge in [-0.25, -0.2) is 0 Å². The van der Waals surface area contributed by atoms with Gasteiger partial charge >= 0.3 is 0 Å².